The van der Waals surface area contributed by atoms with Crippen LogP contribution in [0.4, 0.5) is 0 Å². The SMILES string of the molecule is Cc1nn(C)c(Cl)c1COC(=O)[C@@H](C)Oc1ccccc1C#N. The second-order valence-corrected chi connectivity index (χ2v) is 5.31. The van der Waals surface area contributed by atoms with Gasteiger partial charge in [0.15, 0.2) is 6.10 Å². The fourth-order valence-electron chi connectivity index (χ4n) is 2.00. The number of aromatic nitrogens is 2. The number of nitriles is 1. The van der Waals surface area contributed by atoms with E-state index in [4.69, 9.17) is 26.3 Å². The summed E-state index contributed by atoms with van der Waals surface area (Å²) in [6.07, 6.45) is -0.847. The minimum absolute atomic E-state index is 0.0188. The van der Waals surface area contributed by atoms with Gasteiger partial charge in [0, 0.05) is 12.6 Å². The van der Waals surface area contributed by atoms with Crippen molar-refractivity contribution in [3.8, 4) is 11.8 Å². The zero-order valence-electron chi connectivity index (χ0n) is 13.0. The molecule has 6 nitrogen and oxygen atoms in total. The number of halogens is 1. The van der Waals surface area contributed by atoms with Crippen molar-refractivity contribution < 1.29 is 14.3 Å². The molecule has 1 aromatic carbocycles. The van der Waals surface area contributed by atoms with Gasteiger partial charge in [-0.05, 0) is 26.0 Å². The van der Waals surface area contributed by atoms with E-state index >= 15 is 0 Å². The first-order valence-corrected chi connectivity index (χ1v) is 7.32. The summed E-state index contributed by atoms with van der Waals surface area (Å²) >= 11 is 6.09. The Labute approximate surface area is 139 Å². The van der Waals surface area contributed by atoms with Gasteiger partial charge >= 0.3 is 5.97 Å². The van der Waals surface area contributed by atoms with E-state index in [0.717, 1.165) is 0 Å². The van der Waals surface area contributed by atoms with Crippen LogP contribution in [0.15, 0.2) is 24.3 Å². The van der Waals surface area contributed by atoms with Crippen LogP contribution in [0.2, 0.25) is 5.15 Å². The Bertz CT molecular complexity index is 764. The van der Waals surface area contributed by atoms with Crippen molar-refractivity contribution >= 4 is 17.6 Å². The van der Waals surface area contributed by atoms with E-state index in [9.17, 15) is 4.79 Å². The number of hydrogen-bond donors (Lipinski definition) is 0. The lowest BCUT2D eigenvalue weighted by Crippen LogP contribution is -2.26. The molecule has 2 aromatic rings. The van der Waals surface area contributed by atoms with Gasteiger partial charge in [0.2, 0.25) is 0 Å². The lowest BCUT2D eigenvalue weighted by molar-refractivity contribution is -0.152. The van der Waals surface area contributed by atoms with E-state index in [0.29, 0.717) is 27.7 Å². The molecule has 1 atom stereocenters. The van der Waals surface area contributed by atoms with Crippen LogP contribution in [-0.4, -0.2) is 21.9 Å². The zero-order chi connectivity index (χ0) is 17.0. The highest BCUT2D eigenvalue weighted by Crippen LogP contribution is 2.21. The fourth-order valence-corrected chi connectivity index (χ4v) is 2.23. The molecule has 2 rings (SSSR count). The molecule has 1 heterocycles. The summed E-state index contributed by atoms with van der Waals surface area (Å²) in [5, 5.41) is 13.6. The topological polar surface area (TPSA) is 77.1 Å². The molecular formula is C16H16ClN3O3. The molecule has 7 heteroatoms. The second-order valence-electron chi connectivity index (χ2n) is 4.95. The van der Waals surface area contributed by atoms with Gasteiger partial charge in [0.05, 0.1) is 11.3 Å². The highest BCUT2D eigenvalue weighted by Gasteiger charge is 2.20. The molecule has 0 saturated heterocycles. The first-order chi connectivity index (χ1) is 10.9. The summed E-state index contributed by atoms with van der Waals surface area (Å²) in [6.45, 7) is 3.37. The molecule has 0 aliphatic rings. The maximum Gasteiger partial charge on any atom is 0.347 e. The van der Waals surface area contributed by atoms with Crippen LogP contribution in [0.3, 0.4) is 0 Å². The van der Waals surface area contributed by atoms with Gasteiger partial charge in [-0.15, -0.1) is 0 Å². The van der Waals surface area contributed by atoms with Crippen molar-refractivity contribution in [2.24, 2.45) is 7.05 Å². The van der Waals surface area contributed by atoms with Crippen LogP contribution < -0.4 is 4.74 Å². The Morgan fingerprint density at radius 1 is 1.48 bits per heavy atom. The van der Waals surface area contributed by atoms with E-state index in [2.05, 4.69) is 5.10 Å². The number of aryl methyl sites for hydroxylation is 2. The molecule has 0 saturated carbocycles. The molecule has 0 amide bonds. The Hall–Kier alpha value is -2.52. The molecule has 0 radical (unpaired) electrons. The number of nitrogens with zero attached hydrogens (tertiary/aromatic N) is 3. The average molecular weight is 334 g/mol. The molecule has 0 unspecified atom stereocenters. The number of para-hydroxylation sites is 1. The largest absolute Gasteiger partial charge is 0.478 e. The number of carbonyl (C=O) groups is 1. The highest BCUT2D eigenvalue weighted by molar-refractivity contribution is 6.30. The minimum Gasteiger partial charge on any atom is -0.478 e. The first kappa shape index (κ1) is 16.8. The van der Waals surface area contributed by atoms with Crippen molar-refractivity contribution in [1.29, 1.82) is 5.26 Å². The monoisotopic (exact) mass is 333 g/mol. The quantitative estimate of drug-likeness (QED) is 0.786. The Morgan fingerprint density at radius 2 is 2.17 bits per heavy atom. The zero-order valence-corrected chi connectivity index (χ0v) is 13.8. The van der Waals surface area contributed by atoms with Crippen LogP contribution in [0.1, 0.15) is 23.7 Å². The third kappa shape index (κ3) is 3.82. The number of esters is 1. The van der Waals surface area contributed by atoms with Gasteiger partial charge in [0.25, 0.3) is 0 Å². The Balaban J connectivity index is 1.99. The molecule has 0 N–H and O–H groups in total. The van der Waals surface area contributed by atoms with Crippen molar-refractivity contribution in [2.75, 3.05) is 0 Å². The summed E-state index contributed by atoms with van der Waals surface area (Å²) in [7, 11) is 1.71. The third-order valence-electron chi connectivity index (χ3n) is 3.27. The Morgan fingerprint density at radius 3 is 2.78 bits per heavy atom. The summed E-state index contributed by atoms with van der Waals surface area (Å²) < 4.78 is 12.2. The summed E-state index contributed by atoms with van der Waals surface area (Å²) in [5.74, 6) is -0.202. The fraction of sp³-hybridized carbons (Fsp3) is 0.312. The minimum atomic E-state index is -0.847. The van der Waals surface area contributed by atoms with E-state index in [1.807, 2.05) is 6.07 Å². The van der Waals surface area contributed by atoms with Gasteiger partial charge in [0.1, 0.15) is 23.6 Å². The van der Waals surface area contributed by atoms with Crippen molar-refractivity contribution in [3.05, 3.63) is 46.2 Å². The summed E-state index contributed by atoms with van der Waals surface area (Å²) in [6, 6.07) is 8.71. The van der Waals surface area contributed by atoms with Crippen LogP contribution in [-0.2, 0) is 23.2 Å². The molecule has 0 aliphatic carbocycles. The summed E-state index contributed by atoms with van der Waals surface area (Å²) in [5.41, 5.74) is 1.72. The van der Waals surface area contributed by atoms with E-state index in [1.165, 1.54) is 4.68 Å². The van der Waals surface area contributed by atoms with Crippen molar-refractivity contribution in [3.63, 3.8) is 0 Å². The molecule has 0 spiro atoms. The van der Waals surface area contributed by atoms with Gasteiger partial charge in [-0.2, -0.15) is 10.4 Å². The molecule has 0 bridgehead atoms. The second kappa shape index (κ2) is 7.16. The molecule has 0 aliphatic heterocycles. The van der Waals surface area contributed by atoms with Crippen LogP contribution in [0.5, 0.6) is 5.75 Å². The summed E-state index contributed by atoms with van der Waals surface area (Å²) in [4.78, 5) is 12.0. The first-order valence-electron chi connectivity index (χ1n) is 6.94. The number of rotatable bonds is 5. The predicted octanol–water partition coefficient (Wildman–Crippen LogP) is 2.76. The molecule has 23 heavy (non-hydrogen) atoms. The van der Waals surface area contributed by atoms with E-state index in [-0.39, 0.29) is 6.61 Å². The number of benzene rings is 1. The van der Waals surface area contributed by atoms with E-state index in [1.54, 1.807) is 45.2 Å². The molecule has 120 valence electrons. The molecule has 0 fully saturated rings. The number of hydrogen-bond acceptors (Lipinski definition) is 5. The van der Waals surface area contributed by atoms with E-state index < -0.39 is 12.1 Å². The van der Waals surface area contributed by atoms with Gasteiger partial charge in [-0.3, -0.25) is 4.68 Å². The predicted molar refractivity (Wildman–Crippen MR) is 84.0 cm³/mol. The third-order valence-corrected chi connectivity index (χ3v) is 3.74. The number of carbonyl (C=O) groups excluding carboxylic acids is 1. The maximum atomic E-state index is 12.0. The lowest BCUT2D eigenvalue weighted by Gasteiger charge is -2.14. The van der Waals surface area contributed by atoms with Gasteiger partial charge in [-0.25, -0.2) is 4.79 Å². The smallest absolute Gasteiger partial charge is 0.347 e. The van der Waals surface area contributed by atoms with Crippen LogP contribution in [0, 0.1) is 18.3 Å². The van der Waals surface area contributed by atoms with Crippen LogP contribution in [0.25, 0.3) is 0 Å². The lowest BCUT2D eigenvalue weighted by atomic mass is 10.2. The Kier molecular flexibility index (Phi) is 5.24. The maximum absolute atomic E-state index is 12.0. The molecule has 1 aromatic heterocycles. The van der Waals surface area contributed by atoms with Crippen LogP contribution >= 0.6 is 11.6 Å². The highest BCUT2D eigenvalue weighted by atomic mass is 35.5. The van der Waals surface area contributed by atoms with Gasteiger partial charge < -0.3 is 9.47 Å². The van der Waals surface area contributed by atoms with Crippen molar-refractivity contribution in [1.82, 2.24) is 9.78 Å². The molecular weight excluding hydrogens is 318 g/mol. The van der Waals surface area contributed by atoms with Gasteiger partial charge in [-0.1, -0.05) is 23.7 Å². The normalized spacial score (nSPS) is 11.6. The average Bonchev–Trinajstić information content (AvgIpc) is 2.78. The number of ether oxygens (including phenoxy) is 2. The standard InChI is InChI=1S/C16H16ClN3O3/c1-10-13(15(17)20(3)19-10)9-22-16(21)11(2)23-14-7-5-4-6-12(14)8-18/h4-7,11H,9H2,1-3H3/t11-/m1/s1. The van der Waals surface area contributed by atoms with Crippen molar-refractivity contribution in [2.45, 2.75) is 26.6 Å².